The second-order valence-electron chi connectivity index (χ2n) is 7.32. The quantitative estimate of drug-likeness (QED) is 0.910. The van der Waals surface area contributed by atoms with Crippen LogP contribution < -0.4 is 0 Å². The summed E-state index contributed by atoms with van der Waals surface area (Å²) in [7, 11) is 0. The fourth-order valence-corrected chi connectivity index (χ4v) is 5.54. The van der Waals surface area contributed by atoms with E-state index in [0.717, 1.165) is 19.5 Å². The van der Waals surface area contributed by atoms with E-state index in [4.69, 9.17) is 5.26 Å². The molecule has 1 aromatic carbocycles. The minimum absolute atomic E-state index is 0.290. The van der Waals surface area contributed by atoms with Crippen LogP contribution in [0, 0.1) is 17.2 Å². The van der Waals surface area contributed by atoms with Crippen molar-refractivity contribution in [2.45, 2.75) is 56.4 Å². The van der Waals surface area contributed by atoms with Gasteiger partial charge in [0.25, 0.3) is 0 Å². The molecule has 1 heterocycles. The van der Waals surface area contributed by atoms with Crippen molar-refractivity contribution in [3.63, 3.8) is 0 Å². The second-order valence-corrected chi connectivity index (χ2v) is 7.32. The van der Waals surface area contributed by atoms with Crippen LogP contribution in [-0.4, -0.2) is 29.1 Å². The highest BCUT2D eigenvalue weighted by atomic mass is 16.3. The molecule has 3 atom stereocenters. The highest BCUT2D eigenvalue weighted by molar-refractivity contribution is 5.45. The van der Waals surface area contributed by atoms with Gasteiger partial charge in [-0.05, 0) is 61.4 Å². The highest BCUT2D eigenvalue weighted by Crippen LogP contribution is 2.56. The Morgan fingerprint density at radius 2 is 2.23 bits per heavy atom. The number of piperidine rings is 1. The highest BCUT2D eigenvalue weighted by Gasteiger charge is 2.53. The van der Waals surface area contributed by atoms with Crippen molar-refractivity contribution >= 4 is 0 Å². The molecule has 1 saturated heterocycles. The molecule has 0 spiro atoms. The van der Waals surface area contributed by atoms with Crippen LogP contribution in [0.1, 0.15) is 49.7 Å². The number of benzene rings is 1. The van der Waals surface area contributed by atoms with E-state index in [9.17, 15) is 5.11 Å². The van der Waals surface area contributed by atoms with E-state index in [1.807, 2.05) is 6.07 Å². The zero-order valence-corrected chi connectivity index (χ0v) is 13.1. The Morgan fingerprint density at radius 1 is 1.32 bits per heavy atom. The third-order valence-electron chi connectivity index (χ3n) is 6.45. The van der Waals surface area contributed by atoms with Gasteiger partial charge in [0.1, 0.15) is 5.75 Å². The van der Waals surface area contributed by atoms with Crippen LogP contribution in [0.15, 0.2) is 18.2 Å². The maximum atomic E-state index is 9.99. The molecule has 3 aliphatic rings. The summed E-state index contributed by atoms with van der Waals surface area (Å²) in [5.74, 6) is 1.13. The first-order chi connectivity index (χ1) is 10.7. The van der Waals surface area contributed by atoms with E-state index in [0.29, 0.717) is 29.5 Å². The average molecular weight is 296 g/mol. The Hall–Kier alpha value is -1.53. The first-order valence-electron chi connectivity index (χ1n) is 8.68. The van der Waals surface area contributed by atoms with Gasteiger partial charge in [0.05, 0.1) is 6.07 Å². The number of nitriles is 1. The first kappa shape index (κ1) is 14.1. The summed E-state index contributed by atoms with van der Waals surface area (Å²) < 4.78 is 0. The van der Waals surface area contributed by atoms with Crippen molar-refractivity contribution in [3.8, 4) is 11.8 Å². The van der Waals surface area contributed by atoms with Crippen LogP contribution in [0.2, 0.25) is 0 Å². The van der Waals surface area contributed by atoms with Crippen LogP contribution >= 0.6 is 0 Å². The van der Waals surface area contributed by atoms with Gasteiger partial charge in [0, 0.05) is 24.4 Å². The van der Waals surface area contributed by atoms with Gasteiger partial charge in [-0.1, -0.05) is 18.9 Å². The minimum atomic E-state index is 0.290. The first-order valence-corrected chi connectivity index (χ1v) is 8.68. The summed E-state index contributed by atoms with van der Waals surface area (Å²) in [4.78, 5) is 2.58. The summed E-state index contributed by atoms with van der Waals surface area (Å²) in [5, 5.41) is 18.9. The molecule has 0 amide bonds. The van der Waals surface area contributed by atoms with Gasteiger partial charge in [0.2, 0.25) is 0 Å². The molecule has 0 unspecified atom stereocenters. The molecule has 3 nitrogen and oxygen atoms in total. The molecule has 0 aromatic heterocycles. The molecule has 2 fully saturated rings. The van der Waals surface area contributed by atoms with Crippen molar-refractivity contribution in [2.24, 2.45) is 5.92 Å². The number of rotatable bonds is 2. The summed E-state index contributed by atoms with van der Waals surface area (Å²) in [5.41, 5.74) is 3.16. The molecule has 1 N–H and O–H groups in total. The molecule has 3 heteroatoms. The number of nitrogens with zero attached hydrogens (tertiary/aromatic N) is 2. The molecule has 1 saturated carbocycles. The third-order valence-corrected chi connectivity index (χ3v) is 6.45. The smallest absolute Gasteiger partial charge is 0.115 e. The van der Waals surface area contributed by atoms with Gasteiger partial charge in [-0.2, -0.15) is 5.26 Å². The number of hydrogen-bond donors (Lipinski definition) is 1. The van der Waals surface area contributed by atoms with E-state index in [1.54, 1.807) is 0 Å². The maximum Gasteiger partial charge on any atom is 0.115 e. The number of hydrogen-bond acceptors (Lipinski definition) is 3. The van der Waals surface area contributed by atoms with E-state index in [1.165, 1.54) is 43.2 Å². The molecule has 1 aliphatic heterocycles. The second kappa shape index (κ2) is 5.28. The van der Waals surface area contributed by atoms with E-state index < -0.39 is 0 Å². The Kier molecular flexibility index (Phi) is 3.38. The SMILES string of the molecule is N#CCCN1CC[C@]23CCCC[C@H]2[C@@H]1Cc1ccc(O)cc13. The lowest BCUT2D eigenvalue weighted by molar-refractivity contribution is -0.0101. The van der Waals surface area contributed by atoms with Crippen LogP contribution in [0.5, 0.6) is 5.75 Å². The molecule has 4 rings (SSSR count). The molecule has 116 valence electrons. The zero-order valence-electron chi connectivity index (χ0n) is 13.1. The fraction of sp³-hybridized carbons (Fsp3) is 0.632. The average Bonchev–Trinajstić information content (AvgIpc) is 2.55. The number of aromatic hydroxyl groups is 1. The maximum absolute atomic E-state index is 9.99. The number of fused-ring (bicyclic) bond motifs is 1. The lowest BCUT2D eigenvalue weighted by Crippen LogP contribution is -2.60. The summed E-state index contributed by atoms with van der Waals surface area (Å²) >= 11 is 0. The van der Waals surface area contributed by atoms with E-state index in [2.05, 4.69) is 23.1 Å². The van der Waals surface area contributed by atoms with Crippen LogP contribution in [0.3, 0.4) is 0 Å². The Morgan fingerprint density at radius 3 is 3.09 bits per heavy atom. The summed E-state index contributed by atoms with van der Waals surface area (Å²) in [6.07, 6.45) is 8.15. The molecule has 1 aromatic rings. The lowest BCUT2D eigenvalue weighted by atomic mass is 9.52. The van der Waals surface area contributed by atoms with Gasteiger partial charge >= 0.3 is 0 Å². The summed E-state index contributed by atoms with van der Waals surface area (Å²) in [6.45, 7) is 2.03. The normalized spacial score (nSPS) is 33.6. The Labute approximate surface area is 132 Å². The zero-order chi connectivity index (χ0) is 15.2. The van der Waals surface area contributed by atoms with E-state index in [-0.39, 0.29) is 0 Å². The lowest BCUT2D eigenvalue weighted by Gasteiger charge is -2.59. The van der Waals surface area contributed by atoms with Crippen molar-refractivity contribution < 1.29 is 5.11 Å². The number of phenolic OH excluding ortho intramolecular Hbond substituents is 1. The predicted molar refractivity (Wildman–Crippen MR) is 85.7 cm³/mol. The topological polar surface area (TPSA) is 47.3 Å². The van der Waals surface area contributed by atoms with Gasteiger partial charge in [-0.25, -0.2) is 0 Å². The standard InChI is InChI=1S/C19H24N2O/c20-9-3-10-21-11-8-19-7-2-1-4-16(19)18(21)12-14-5-6-15(22)13-17(14)19/h5-6,13,16,18,22H,1-4,7-8,10-12H2/t16-,18-,19+/m0/s1. The molecule has 0 radical (unpaired) electrons. The van der Waals surface area contributed by atoms with Gasteiger partial charge in [0.15, 0.2) is 0 Å². The predicted octanol–water partition coefficient (Wildman–Crippen LogP) is 3.36. The van der Waals surface area contributed by atoms with Crippen molar-refractivity contribution in [1.29, 1.82) is 5.26 Å². The fourth-order valence-electron chi connectivity index (χ4n) is 5.54. The molecule has 2 bridgehead atoms. The van der Waals surface area contributed by atoms with Crippen molar-refractivity contribution in [2.75, 3.05) is 13.1 Å². The minimum Gasteiger partial charge on any atom is -0.508 e. The Balaban J connectivity index is 1.77. The van der Waals surface area contributed by atoms with Crippen LogP contribution in [0.4, 0.5) is 0 Å². The molecular weight excluding hydrogens is 272 g/mol. The summed E-state index contributed by atoms with van der Waals surface area (Å²) in [6, 6.07) is 8.94. The molecular formula is C19H24N2O. The Bertz CT molecular complexity index is 620. The van der Waals surface area contributed by atoms with E-state index >= 15 is 0 Å². The van der Waals surface area contributed by atoms with Crippen molar-refractivity contribution in [3.05, 3.63) is 29.3 Å². The van der Waals surface area contributed by atoms with Crippen LogP contribution in [-0.2, 0) is 11.8 Å². The largest absolute Gasteiger partial charge is 0.508 e. The van der Waals surface area contributed by atoms with Gasteiger partial charge < -0.3 is 5.11 Å². The molecule has 2 aliphatic carbocycles. The van der Waals surface area contributed by atoms with Gasteiger partial charge in [-0.3, -0.25) is 4.90 Å². The number of likely N-dealkylation sites (tertiary alicyclic amines) is 1. The van der Waals surface area contributed by atoms with Crippen LogP contribution in [0.25, 0.3) is 0 Å². The third kappa shape index (κ3) is 1.97. The van der Waals surface area contributed by atoms with Crippen molar-refractivity contribution in [1.82, 2.24) is 4.90 Å². The number of phenols is 1. The van der Waals surface area contributed by atoms with Gasteiger partial charge in [-0.15, -0.1) is 0 Å². The molecule has 22 heavy (non-hydrogen) atoms. The monoisotopic (exact) mass is 296 g/mol.